The van der Waals surface area contributed by atoms with Crippen LogP contribution in [-0.2, 0) is 4.79 Å². The van der Waals surface area contributed by atoms with Crippen LogP contribution in [0.3, 0.4) is 0 Å². The van der Waals surface area contributed by atoms with Gasteiger partial charge in [-0.25, -0.2) is 0 Å². The molecule has 1 aliphatic heterocycles. The number of amides is 1. The third kappa shape index (κ3) is 2.97. The van der Waals surface area contributed by atoms with E-state index in [1.165, 1.54) is 0 Å². The minimum Gasteiger partial charge on any atom is -0.493 e. The highest BCUT2D eigenvalue weighted by molar-refractivity contribution is 5.78. The maximum Gasteiger partial charge on any atom is 0.234 e. The number of fused-ring (bicyclic) bond motifs is 1. The lowest BCUT2D eigenvalue weighted by atomic mass is 10.0. The highest BCUT2D eigenvalue weighted by Crippen LogP contribution is 2.31. The van der Waals surface area contributed by atoms with Gasteiger partial charge in [0.05, 0.1) is 19.2 Å². The summed E-state index contributed by atoms with van der Waals surface area (Å²) < 4.78 is 5.55. The van der Waals surface area contributed by atoms with Gasteiger partial charge in [-0.05, 0) is 12.6 Å². The van der Waals surface area contributed by atoms with Gasteiger partial charge in [-0.1, -0.05) is 25.1 Å². The lowest BCUT2D eigenvalue weighted by Crippen LogP contribution is -2.38. The van der Waals surface area contributed by atoms with Crippen molar-refractivity contribution < 1.29 is 9.53 Å². The van der Waals surface area contributed by atoms with Gasteiger partial charge >= 0.3 is 0 Å². The molecule has 17 heavy (non-hydrogen) atoms. The Morgan fingerprint density at radius 2 is 2.29 bits per heavy atom. The number of benzene rings is 1. The van der Waals surface area contributed by atoms with Crippen LogP contribution in [0.4, 0.5) is 0 Å². The van der Waals surface area contributed by atoms with Crippen molar-refractivity contribution in [3.8, 4) is 5.75 Å². The summed E-state index contributed by atoms with van der Waals surface area (Å²) in [6.07, 6.45) is 0.828. The SMILES string of the molecule is CCNCC(=O)NC1CCOc2ccccc21. The highest BCUT2D eigenvalue weighted by Gasteiger charge is 2.22. The number of hydrogen-bond acceptors (Lipinski definition) is 3. The molecule has 4 nitrogen and oxygen atoms in total. The summed E-state index contributed by atoms with van der Waals surface area (Å²) in [6, 6.07) is 7.94. The van der Waals surface area contributed by atoms with E-state index in [-0.39, 0.29) is 11.9 Å². The number of nitrogens with one attached hydrogen (secondary N) is 2. The number of carbonyl (C=O) groups is 1. The van der Waals surface area contributed by atoms with Crippen molar-refractivity contribution in [2.24, 2.45) is 0 Å². The minimum atomic E-state index is 0.0357. The van der Waals surface area contributed by atoms with E-state index in [0.717, 1.165) is 24.3 Å². The molecule has 92 valence electrons. The standard InChI is InChI=1S/C13H18N2O2/c1-2-14-9-13(16)15-11-7-8-17-12-6-4-3-5-10(11)12/h3-6,11,14H,2,7-9H2,1H3,(H,15,16). The van der Waals surface area contributed by atoms with Crippen molar-refractivity contribution in [1.29, 1.82) is 0 Å². The van der Waals surface area contributed by atoms with Gasteiger partial charge in [-0.3, -0.25) is 4.79 Å². The Kier molecular flexibility index (Phi) is 3.98. The second-order valence-electron chi connectivity index (χ2n) is 4.08. The van der Waals surface area contributed by atoms with Gasteiger partial charge in [0.2, 0.25) is 5.91 Å². The monoisotopic (exact) mass is 234 g/mol. The molecule has 1 atom stereocenters. The molecule has 1 heterocycles. The van der Waals surface area contributed by atoms with E-state index >= 15 is 0 Å². The summed E-state index contributed by atoms with van der Waals surface area (Å²) in [5, 5.41) is 6.05. The largest absolute Gasteiger partial charge is 0.493 e. The summed E-state index contributed by atoms with van der Waals surface area (Å²) in [5.41, 5.74) is 1.07. The molecular formula is C13H18N2O2. The van der Waals surface area contributed by atoms with Crippen LogP contribution in [0.2, 0.25) is 0 Å². The van der Waals surface area contributed by atoms with Crippen LogP contribution >= 0.6 is 0 Å². The predicted molar refractivity (Wildman–Crippen MR) is 66.0 cm³/mol. The molecule has 0 aliphatic carbocycles. The Morgan fingerprint density at radius 1 is 1.47 bits per heavy atom. The van der Waals surface area contributed by atoms with Crippen LogP contribution in [0.5, 0.6) is 5.75 Å². The van der Waals surface area contributed by atoms with Crippen LogP contribution in [-0.4, -0.2) is 25.6 Å². The number of carbonyl (C=O) groups excluding carboxylic acids is 1. The smallest absolute Gasteiger partial charge is 0.234 e. The molecule has 0 saturated carbocycles. The van der Waals surface area contributed by atoms with Gasteiger partial charge in [-0.15, -0.1) is 0 Å². The summed E-state index contributed by atoms with van der Waals surface area (Å²) in [7, 11) is 0. The van der Waals surface area contributed by atoms with E-state index in [0.29, 0.717) is 13.2 Å². The summed E-state index contributed by atoms with van der Waals surface area (Å²) in [4.78, 5) is 11.7. The fourth-order valence-electron chi connectivity index (χ4n) is 1.98. The molecule has 1 aliphatic rings. The first kappa shape index (κ1) is 11.9. The number of ether oxygens (including phenoxy) is 1. The Labute approximate surface area is 101 Å². The van der Waals surface area contributed by atoms with E-state index in [1.807, 2.05) is 31.2 Å². The zero-order valence-electron chi connectivity index (χ0n) is 10.0. The number of likely N-dealkylation sites (N-methyl/N-ethyl adjacent to an activating group) is 1. The van der Waals surface area contributed by atoms with Gasteiger partial charge in [-0.2, -0.15) is 0 Å². The van der Waals surface area contributed by atoms with E-state index in [2.05, 4.69) is 10.6 Å². The molecule has 0 bridgehead atoms. The van der Waals surface area contributed by atoms with Crippen molar-refractivity contribution in [1.82, 2.24) is 10.6 Å². The van der Waals surface area contributed by atoms with Crippen LogP contribution in [0.1, 0.15) is 24.9 Å². The third-order valence-corrected chi connectivity index (χ3v) is 2.83. The fourth-order valence-corrected chi connectivity index (χ4v) is 1.98. The second kappa shape index (κ2) is 5.68. The lowest BCUT2D eigenvalue weighted by Gasteiger charge is -2.26. The zero-order chi connectivity index (χ0) is 12.1. The van der Waals surface area contributed by atoms with Crippen molar-refractivity contribution in [2.75, 3.05) is 19.7 Å². The first-order valence-corrected chi connectivity index (χ1v) is 6.03. The van der Waals surface area contributed by atoms with E-state index < -0.39 is 0 Å². The average molecular weight is 234 g/mol. The van der Waals surface area contributed by atoms with E-state index in [1.54, 1.807) is 0 Å². The second-order valence-corrected chi connectivity index (χ2v) is 4.08. The van der Waals surface area contributed by atoms with Gasteiger partial charge in [0.25, 0.3) is 0 Å². The highest BCUT2D eigenvalue weighted by atomic mass is 16.5. The Bertz CT molecular complexity index is 393. The van der Waals surface area contributed by atoms with Gasteiger partial charge < -0.3 is 15.4 Å². The van der Waals surface area contributed by atoms with Gasteiger partial charge in [0.15, 0.2) is 0 Å². The Hall–Kier alpha value is -1.55. The molecular weight excluding hydrogens is 216 g/mol. The van der Waals surface area contributed by atoms with Crippen molar-refractivity contribution in [3.63, 3.8) is 0 Å². The fraction of sp³-hybridized carbons (Fsp3) is 0.462. The molecule has 2 N–H and O–H groups in total. The molecule has 0 spiro atoms. The summed E-state index contributed by atoms with van der Waals surface area (Å²) in [5.74, 6) is 0.918. The molecule has 1 amide bonds. The van der Waals surface area contributed by atoms with Gasteiger partial charge in [0, 0.05) is 12.0 Å². The predicted octanol–water partition coefficient (Wildman–Crippen LogP) is 1.24. The Balaban J connectivity index is 2.01. The molecule has 0 aromatic heterocycles. The van der Waals surface area contributed by atoms with Crippen LogP contribution in [0.25, 0.3) is 0 Å². The molecule has 1 aromatic rings. The zero-order valence-corrected chi connectivity index (χ0v) is 10.0. The normalized spacial score (nSPS) is 18.1. The molecule has 2 rings (SSSR count). The first-order valence-electron chi connectivity index (χ1n) is 6.03. The topological polar surface area (TPSA) is 50.4 Å². The third-order valence-electron chi connectivity index (χ3n) is 2.83. The first-order chi connectivity index (χ1) is 8.31. The van der Waals surface area contributed by atoms with Gasteiger partial charge in [0.1, 0.15) is 5.75 Å². The molecule has 1 aromatic carbocycles. The average Bonchev–Trinajstić information content (AvgIpc) is 2.37. The van der Waals surface area contributed by atoms with Crippen molar-refractivity contribution in [3.05, 3.63) is 29.8 Å². The molecule has 0 fully saturated rings. The van der Waals surface area contributed by atoms with E-state index in [4.69, 9.17) is 4.74 Å². The van der Waals surface area contributed by atoms with Crippen molar-refractivity contribution in [2.45, 2.75) is 19.4 Å². The minimum absolute atomic E-state index is 0.0357. The number of para-hydroxylation sites is 1. The van der Waals surface area contributed by atoms with Crippen LogP contribution < -0.4 is 15.4 Å². The van der Waals surface area contributed by atoms with E-state index in [9.17, 15) is 4.79 Å². The number of rotatable bonds is 4. The molecule has 0 radical (unpaired) electrons. The molecule has 0 saturated heterocycles. The summed E-state index contributed by atoms with van der Waals surface area (Å²) >= 11 is 0. The maximum absolute atomic E-state index is 11.7. The molecule has 1 unspecified atom stereocenters. The quantitative estimate of drug-likeness (QED) is 0.824. The number of hydrogen-bond donors (Lipinski definition) is 2. The Morgan fingerprint density at radius 3 is 3.12 bits per heavy atom. The molecule has 4 heteroatoms. The lowest BCUT2D eigenvalue weighted by molar-refractivity contribution is -0.121. The maximum atomic E-state index is 11.7. The van der Waals surface area contributed by atoms with Crippen molar-refractivity contribution >= 4 is 5.91 Å². The van der Waals surface area contributed by atoms with Crippen LogP contribution in [0, 0.1) is 0 Å². The summed E-state index contributed by atoms with van der Waals surface area (Å²) in [6.45, 7) is 3.81. The van der Waals surface area contributed by atoms with Crippen LogP contribution in [0.15, 0.2) is 24.3 Å².